The van der Waals surface area contributed by atoms with Gasteiger partial charge >= 0.3 is 0 Å². The largest absolute Gasteiger partial charge is 0.334 e. The third-order valence-corrected chi connectivity index (χ3v) is 6.72. The van der Waals surface area contributed by atoms with E-state index in [1.165, 1.54) is 28.0 Å². The second-order valence-corrected chi connectivity index (χ2v) is 8.72. The Bertz CT molecular complexity index is 1000. The molecule has 1 aromatic carbocycles. The number of nitrogens with one attached hydrogen (secondary N) is 1. The first-order valence-electron chi connectivity index (χ1n) is 9.45. The van der Waals surface area contributed by atoms with Crippen LogP contribution in [-0.4, -0.2) is 9.97 Å². The molecule has 2 heterocycles. The van der Waals surface area contributed by atoms with Gasteiger partial charge in [0.25, 0.3) is 5.56 Å². The second-order valence-electron chi connectivity index (χ2n) is 7.64. The summed E-state index contributed by atoms with van der Waals surface area (Å²) in [5, 5.41) is 3.08. The smallest absolute Gasteiger partial charge is 0.260 e. The number of thiophene rings is 1. The molecule has 0 unspecified atom stereocenters. The van der Waals surface area contributed by atoms with Crippen molar-refractivity contribution in [3.63, 3.8) is 0 Å². The molecule has 0 radical (unpaired) electrons. The zero-order chi connectivity index (χ0) is 18.3. The topological polar surface area (TPSA) is 62.4 Å². The van der Waals surface area contributed by atoms with Crippen molar-refractivity contribution in [2.45, 2.75) is 52.6 Å². The maximum Gasteiger partial charge on any atom is 0.260 e. The zero-order valence-electron chi connectivity index (χ0n) is 15.6. The van der Waals surface area contributed by atoms with Crippen LogP contribution < -0.4 is 10.9 Å². The summed E-state index contributed by atoms with van der Waals surface area (Å²) in [7, 11) is 0. The standard InChI is InChI=1S/C21H25N3OS/c1-12-8-9-16-17(10-12)26-21-18(16)20(25)23-19(24-21)14(3)22-11-15-7-5-4-6-13(15)2/h4-7,12,14,22H,8-11H2,1-3H3,(H,23,24,25)/p+1/t12-,14-/m1/s1. The van der Waals surface area contributed by atoms with Crippen LogP contribution in [0.3, 0.4) is 0 Å². The number of hydrogen-bond acceptors (Lipinski definition) is 3. The highest BCUT2D eigenvalue weighted by molar-refractivity contribution is 7.18. The summed E-state index contributed by atoms with van der Waals surface area (Å²) >= 11 is 1.72. The lowest BCUT2D eigenvalue weighted by Gasteiger charge is -2.17. The molecule has 0 bridgehead atoms. The molecule has 1 aliphatic rings. The molecule has 0 aliphatic heterocycles. The number of H-pyrrole nitrogens is 1. The van der Waals surface area contributed by atoms with Gasteiger partial charge in [0.05, 0.1) is 5.39 Å². The van der Waals surface area contributed by atoms with Gasteiger partial charge in [0.1, 0.15) is 17.4 Å². The number of benzene rings is 1. The molecular formula is C21H26N3OS+. The van der Waals surface area contributed by atoms with Crippen LogP contribution in [0.15, 0.2) is 29.1 Å². The Morgan fingerprint density at radius 3 is 3.00 bits per heavy atom. The van der Waals surface area contributed by atoms with E-state index >= 15 is 0 Å². The Hall–Kier alpha value is -1.98. The average molecular weight is 369 g/mol. The predicted octanol–water partition coefficient (Wildman–Crippen LogP) is 3.24. The minimum atomic E-state index is 0.0354. The van der Waals surface area contributed by atoms with Gasteiger partial charge in [0, 0.05) is 10.4 Å². The molecule has 0 amide bonds. The van der Waals surface area contributed by atoms with E-state index in [0.717, 1.165) is 35.4 Å². The Balaban J connectivity index is 1.61. The SMILES string of the molecule is Cc1ccccc1C[NH2+][C@H](C)c1nc2sc3c(c2c(=O)[nH]1)CC[C@@H](C)C3. The number of nitrogens with zero attached hydrogens (tertiary/aromatic N) is 1. The number of aryl methyl sites for hydroxylation is 2. The minimum Gasteiger partial charge on any atom is -0.334 e. The quantitative estimate of drug-likeness (QED) is 0.743. The van der Waals surface area contributed by atoms with Gasteiger partial charge in [-0.25, -0.2) is 4.98 Å². The maximum absolute atomic E-state index is 12.7. The monoisotopic (exact) mass is 368 g/mol. The van der Waals surface area contributed by atoms with Crippen molar-refractivity contribution in [3.05, 3.63) is 62.0 Å². The van der Waals surface area contributed by atoms with Crippen molar-refractivity contribution in [1.82, 2.24) is 9.97 Å². The molecule has 4 nitrogen and oxygen atoms in total. The lowest BCUT2D eigenvalue weighted by Crippen LogP contribution is -2.83. The summed E-state index contributed by atoms with van der Waals surface area (Å²) < 4.78 is 0. The number of aromatic amines is 1. The van der Waals surface area contributed by atoms with Crippen LogP contribution in [-0.2, 0) is 19.4 Å². The fourth-order valence-corrected chi connectivity index (χ4v) is 5.23. The summed E-state index contributed by atoms with van der Waals surface area (Å²) in [5.41, 5.74) is 3.91. The van der Waals surface area contributed by atoms with E-state index in [9.17, 15) is 4.79 Å². The summed E-state index contributed by atoms with van der Waals surface area (Å²) in [6, 6.07) is 8.55. The minimum absolute atomic E-state index is 0.0354. The molecule has 0 spiro atoms. The first-order valence-corrected chi connectivity index (χ1v) is 10.3. The van der Waals surface area contributed by atoms with E-state index in [1.807, 2.05) is 0 Å². The van der Waals surface area contributed by atoms with Crippen molar-refractivity contribution in [1.29, 1.82) is 0 Å². The van der Waals surface area contributed by atoms with Crippen molar-refractivity contribution in [3.8, 4) is 0 Å². The van der Waals surface area contributed by atoms with Crippen molar-refractivity contribution < 1.29 is 5.32 Å². The van der Waals surface area contributed by atoms with Crippen LogP contribution in [0, 0.1) is 12.8 Å². The molecule has 1 aliphatic carbocycles. The van der Waals surface area contributed by atoms with E-state index in [4.69, 9.17) is 4.98 Å². The highest BCUT2D eigenvalue weighted by Crippen LogP contribution is 2.35. The van der Waals surface area contributed by atoms with E-state index in [-0.39, 0.29) is 11.6 Å². The van der Waals surface area contributed by atoms with Gasteiger partial charge in [0.2, 0.25) is 0 Å². The molecule has 0 fully saturated rings. The first kappa shape index (κ1) is 17.4. The lowest BCUT2D eigenvalue weighted by atomic mass is 9.89. The molecule has 0 saturated heterocycles. The lowest BCUT2D eigenvalue weighted by molar-refractivity contribution is -0.709. The van der Waals surface area contributed by atoms with E-state index in [2.05, 4.69) is 55.3 Å². The number of rotatable bonds is 4. The third kappa shape index (κ3) is 3.21. The number of quaternary nitrogens is 1. The van der Waals surface area contributed by atoms with Gasteiger partial charge in [-0.2, -0.15) is 0 Å². The van der Waals surface area contributed by atoms with Crippen molar-refractivity contribution in [2.24, 2.45) is 5.92 Å². The average Bonchev–Trinajstić information content (AvgIpc) is 2.98. The molecule has 26 heavy (non-hydrogen) atoms. The summed E-state index contributed by atoms with van der Waals surface area (Å²) in [4.78, 5) is 22.9. The van der Waals surface area contributed by atoms with E-state index in [0.29, 0.717) is 5.92 Å². The van der Waals surface area contributed by atoms with Crippen LogP contribution in [0.1, 0.15) is 53.7 Å². The molecule has 136 valence electrons. The highest BCUT2D eigenvalue weighted by atomic mass is 32.1. The van der Waals surface area contributed by atoms with Crippen LogP contribution >= 0.6 is 11.3 Å². The van der Waals surface area contributed by atoms with Gasteiger partial charge in [-0.15, -0.1) is 11.3 Å². The molecule has 3 N–H and O–H groups in total. The van der Waals surface area contributed by atoms with Crippen LogP contribution in [0.2, 0.25) is 0 Å². The van der Waals surface area contributed by atoms with Gasteiger partial charge in [-0.1, -0.05) is 31.2 Å². The Morgan fingerprint density at radius 1 is 1.38 bits per heavy atom. The molecule has 2 aromatic heterocycles. The molecule has 2 atom stereocenters. The molecule has 4 rings (SSSR count). The number of hydrogen-bond donors (Lipinski definition) is 2. The van der Waals surface area contributed by atoms with E-state index < -0.39 is 0 Å². The van der Waals surface area contributed by atoms with Gasteiger partial charge in [0.15, 0.2) is 5.82 Å². The number of fused-ring (bicyclic) bond motifs is 3. The normalized spacial score (nSPS) is 18.0. The molecule has 3 aromatic rings. The Labute approximate surface area is 157 Å². The summed E-state index contributed by atoms with van der Waals surface area (Å²) in [6.45, 7) is 7.42. The van der Waals surface area contributed by atoms with Crippen LogP contribution in [0.25, 0.3) is 10.2 Å². The summed E-state index contributed by atoms with van der Waals surface area (Å²) in [6.07, 6.45) is 3.26. The van der Waals surface area contributed by atoms with Gasteiger partial charge < -0.3 is 10.3 Å². The molecular weight excluding hydrogens is 342 g/mol. The molecule has 5 heteroatoms. The number of aromatic nitrogens is 2. The summed E-state index contributed by atoms with van der Waals surface area (Å²) in [5.74, 6) is 1.48. The van der Waals surface area contributed by atoms with Crippen molar-refractivity contribution in [2.75, 3.05) is 0 Å². The fourth-order valence-electron chi connectivity index (χ4n) is 3.84. The van der Waals surface area contributed by atoms with Gasteiger partial charge in [-0.05, 0) is 50.2 Å². The van der Waals surface area contributed by atoms with E-state index in [1.54, 1.807) is 11.3 Å². The predicted molar refractivity (Wildman–Crippen MR) is 107 cm³/mol. The second kappa shape index (κ2) is 6.97. The third-order valence-electron chi connectivity index (χ3n) is 5.57. The van der Waals surface area contributed by atoms with Crippen molar-refractivity contribution >= 4 is 21.6 Å². The number of nitrogens with two attached hydrogens (primary N) is 1. The Morgan fingerprint density at radius 2 is 2.19 bits per heavy atom. The maximum atomic E-state index is 12.7. The van der Waals surface area contributed by atoms with Gasteiger partial charge in [-0.3, -0.25) is 4.79 Å². The van der Waals surface area contributed by atoms with Crippen LogP contribution in [0.4, 0.5) is 0 Å². The van der Waals surface area contributed by atoms with Crippen LogP contribution in [0.5, 0.6) is 0 Å². The Kier molecular flexibility index (Phi) is 4.67. The highest BCUT2D eigenvalue weighted by Gasteiger charge is 2.24. The fraction of sp³-hybridized carbons (Fsp3) is 0.429. The molecule has 0 saturated carbocycles. The zero-order valence-corrected chi connectivity index (χ0v) is 16.5. The first-order chi connectivity index (χ1) is 12.5.